The zero-order chi connectivity index (χ0) is 20.6. The third-order valence-electron chi connectivity index (χ3n) is 4.08. The van der Waals surface area contributed by atoms with E-state index in [2.05, 4.69) is 10.0 Å². The van der Waals surface area contributed by atoms with E-state index in [1.54, 1.807) is 30.8 Å². The maximum Gasteiger partial charge on any atom is 0.251 e. The Hall–Kier alpha value is -1.90. The predicted molar refractivity (Wildman–Crippen MR) is 111 cm³/mol. The van der Waals surface area contributed by atoms with Crippen molar-refractivity contribution in [1.82, 2.24) is 10.0 Å². The van der Waals surface area contributed by atoms with Gasteiger partial charge in [0.25, 0.3) is 5.91 Å². The monoisotopic (exact) mass is 424 g/mol. The molecule has 0 heterocycles. The molecule has 1 amide bonds. The normalized spacial score (nSPS) is 12.5. The molecular formula is C20H25FN2O3S2. The van der Waals surface area contributed by atoms with Gasteiger partial charge < -0.3 is 5.32 Å². The second-order valence-electron chi connectivity index (χ2n) is 6.37. The number of nitrogens with one attached hydrogen (secondary N) is 2. The van der Waals surface area contributed by atoms with Gasteiger partial charge in [-0.1, -0.05) is 6.92 Å². The van der Waals surface area contributed by atoms with Crippen molar-refractivity contribution in [3.63, 3.8) is 0 Å². The van der Waals surface area contributed by atoms with Crippen molar-refractivity contribution in [3.8, 4) is 0 Å². The Labute approximate surface area is 170 Å². The highest BCUT2D eigenvalue weighted by Gasteiger charge is 2.17. The number of carbonyl (C=O) groups is 1. The molecule has 152 valence electrons. The first-order valence-electron chi connectivity index (χ1n) is 9.11. The summed E-state index contributed by atoms with van der Waals surface area (Å²) in [5.74, 6) is 0.293. The van der Waals surface area contributed by atoms with Crippen LogP contribution in [0.5, 0.6) is 0 Å². The third kappa shape index (κ3) is 6.92. The lowest BCUT2D eigenvalue weighted by molar-refractivity contribution is 0.0953. The van der Waals surface area contributed by atoms with Gasteiger partial charge in [-0.15, -0.1) is 11.8 Å². The molecule has 8 heteroatoms. The summed E-state index contributed by atoms with van der Waals surface area (Å²) in [6.07, 6.45) is 1.46. The van der Waals surface area contributed by atoms with Gasteiger partial charge in [-0.25, -0.2) is 17.5 Å². The Kier molecular flexibility index (Phi) is 8.47. The molecule has 0 aliphatic heterocycles. The Morgan fingerprint density at radius 1 is 1.11 bits per heavy atom. The van der Waals surface area contributed by atoms with E-state index in [0.29, 0.717) is 18.5 Å². The minimum atomic E-state index is -3.58. The molecule has 1 atom stereocenters. The third-order valence-corrected chi connectivity index (χ3v) is 6.79. The SMILES string of the molecule is CCC(C)NS(=O)(=O)c1ccc(C(=O)NCCCSc2ccc(F)cc2)cc1. The largest absolute Gasteiger partial charge is 0.352 e. The summed E-state index contributed by atoms with van der Waals surface area (Å²) < 4.78 is 39.9. The van der Waals surface area contributed by atoms with E-state index in [0.717, 1.165) is 17.1 Å². The van der Waals surface area contributed by atoms with Crippen molar-refractivity contribution < 1.29 is 17.6 Å². The van der Waals surface area contributed by atoms with Crippen LogP contribution in [0.25, 0.3) is 0 Å². The van der Waals surface area contributed by atoms with Crippen LogP contribution in [0.2, 0.25) is 0 Å². The van der Waals surface area contributed by atoms with Crippen LogP contribution in [0, 0.1) is 5.82 Å². The molecule has 2 N–H and O–H groups in total. The van der Waals surface area contributed by atoms with E-state index in [-0.39, 0.29) is 22.7 Å². The van der Waals surface area contributed by atoms with E-state index in [1.165, 1.54) is 36.4 Å². The Morgan fingerprint density at radius 2 is 1.75 bits per heavy atom. The van der Waals surface area contributed by atoms with Crippen molar-refractivity contribution >= 4 is 27.7 Å². The van der Waals surface area contributed by atoms with Crippen LogP contribution in [-0.4, -0.2) is 32.7 Å². The van der Waals surface area contributed by atoms with Crippen molar-refractivity contribution in [3.05, 3.63) is 59.9 Å². The number of hydrogen-bond acceptors (Lipinski definition) is 4. The van der Waals surface area contributed by atoms with E-state index < -0.39 is 10.0 Å². The zero-order valence-corrected chi connectivity index (χ0v) is 17.6. The summed E-state index contributed by atoms with van der Waals surface area (Å²) >= 11 is 1.60. The van der Waals surface area contributed by atoms with Crippen LogP contribution in [0.4, 0.5) is 4.39 Å². The van der Waals surface area contributed by atoms with E-state index >= 15 is 0 Å². The fourth-order valence-electron chi connectivity index (χ4n) is 2.30. The van der Waals surface area contributed by atoms with Crippen LogP contribution in [0.15, 0.2) is 58.3 Å². The summed E-state index contributed by atoms with van der Waals surface area (Å²) in [5, 5.41) is 2.82. The minimum absolute atomic E-state index is 0.139. The number of sulfonamides is 1. The molecule has 0 aromatic heterocycles. The highest BCUT2D eigenvalue weighted by Crippen LogP contribution is 2.18. The van der Waals surface area contributed by atoms with Crippen molar-refractivity contribution in [2.75, 3.05) is 12.3 Å². The van der Waals surface area contributed by atoms with E-state index in [4.69, 9.17) is 0 Å². The molecule has 0 spiro atoms. The standard InChI is InChI=1S/C20H25FN2O3S2/c1-3-15(2)23-28(25,26)19-11-5-16(6-12-19)20(24)22-13-4-14-27-18-9-7-17(21)8-10-18/h5-12,15,23H,3-4,13-14H2,1-2H3,(H,22,24). The maximum absolute atomic E-state index is 12.8. The summed E-state index contributed by atoms with van der Waals surface area (Å²) in [6.45, 7) is 4.20. The first-order valence-corrected chi connectivity index (χ1v) is 11.6. The maximum atomic E-state index is 12.8. The summed E-state index contributed by atoms with van der Waals surface area (Å²) in [5.41, 5.74) is 0.411. The average molecular weight is 425 g/mol. The van der Waals surface area contributed by atoms with Crippen molar-refractivity contribution in [2.45, 2.75) is 42.5 Å². The summed E-state index contributed by atoms with van der Waals surface area (Å²) in [6, 6.07) is 12.0. The molecule has 1 unspecified atom stereocenters. The second kappa shape index (κ2) is 10.6. The van der Waals surface area contributed by atoms with Crippen LogP contribution in [0.3, 0.4) is 0 Å². The van der Waals surface area contributed by atoms with Gasteiger partial charge in [0.2, 0.25) is 10.0 Å². The molecule has 2 rings (SSSR count). The number of amides is 1. The number of hydrogen-bond donors (Lipinski definition) is 2. The molecule has 2 aromatic rings. The molecule has 0 aliphatic carbocycles. The van der Waals surface area contributed by atoms with Gasteiger partial charge in [0, 0.05) is 23.0 Å². The quantitative estimate of drug-likeness (QED) is 0.449. The lowest BCUT2D eigenvalue weighted by Crippen LogP contribution is -2.32. The first kappa shape index (κ1) is 22.4. The fraction of sp³-hybridized carbons (Fsp3) is 0.350. The number of halogens is 1. The Balaban J connectivity index is 1.78. The predicted octanol–water partition coefficient (Wildman–Crippen LogP) is 3.81. The van der Waals surface area contributed by atoms with E-state index in [1.807, 2.05) is 6.92 Å². The summed E-state index contributed by atoms with van der Waals surface area (Å²) in [7, 11) is -3.58. The van der Waals surface area contributed by atoms with Gasteiger partial charge in [0.1, 0.15) is 5.82 Å². The Bertz CT molecular complexity index is 869. The van der Waals surface area contributed by atoms with Gasteiger partial charge in [0.05, 0.1) is 4.90 Å². The Morgan fingerprint density at radius 3 is 2.36 bits per heavy atom. The lowest BCUT2D eigenvalue weighted by Gasteiger charge is -2.12. The second-order valence-corrected chi connectivity index (χ2v) is 9.25. The van der Waals surface area contributed by atoms with Crippen LogP contribution < -0.4 is 10.0 Å². The number of thioether (sulfide) groups is 1. The fourth-order valence-corrected chi connectivity index (χ4v) is 4.48. The molecular weight excluding hydrogens is 399 g/mol. The number of carbonyl (C=O) groups excluding carboxylic acids is 1. The van der Waals surface area contributed by atoms with Crippen LogP contribution in [0.1, 0.15) is 37.0 Å². The molecule has 2 aromatic carbocycles. The van der Waals surface area contributed by atoms with Crippen molar-refractivity contribution in [2.24, 2.45) is 0 Å². The highest BCUT2D eigenvalue weighted by atomic mass is 32.2. The van der Waals surface area contributed by atoms with Gasteiger partial charge in [-0.2, -0.15) is 0 Å². The molecule has 0 radical (unpaired) electrons. The molecule has 0 saturated heterocycles. The van der Waals surface area contributed by atoms with E-state index in [9.17, 15) is 17.6 Å². The first-order chi connectivity index (χ1) is 13.3. The van der Waals surface area contributed by atoms with Crippen LogP contribution >= 0.6 is 11.8 Å². The molecule has 0 saturated carbocycles. The molecule has 0 aliphatic rings. The number of rotatable bonds is 10. The molecule has 0 fully saturated rings. The molecule has 28 heavy (non-hydrogen) atoms. The summed E-state index contributed by atoms with van der Waals surface area (Å²) in [4.78, 5) is 13.3. The zero-order valence-electron chi connectivity index (χ0n) is 15.9. The number of benzene rings is 2. The molecule has 0 bridgehead atoms. The highest BCUT2D eigenvalue weighted by molar-refractivity contribution is 7.99. The van der Waals surface area contributed by atoms with Gasteiger partial charge in [-0.05, 0) is 74.0 Å². The topological polar surface area (TPSA) is 75.3 Å². The molecule has 5 nitrogen and oxygen atoms in total. The van der Waals surface area contributed by atoms with Gasteiger partial charge in [-0.3, -0.25) is 4.79 Å². The van der Waals surface area contributed by atoms with Gasteiger partial charge in [0.15, 0.2) is 0 Å². The smallest absolute Gasteiger partial charge is 0.251 e. The van der Waals surface area contributed by atoms with Crippen molar-refractivity contribution in [1.29, 1.82) is 0 Å². The lowest BCUT2D eigenvalue weighted by atomic mass is 10.2. The minimum Gasteiger partial charge on any atom is -0.352 e. The van der Waals surface area contributed by atoms with Gasteiger partial charge >= 0.3 is 0 Å². The van der Waals surface area contributed by atoms with Crippen LogP contribution in [-0.2, 0) is 10.0 Å². The average Bonchev–Trinajstić information content (AvgIpc) is 2.68.